The summed E-state index contributed by atoms with van der Waals surface area (Å²) in [6, 6.07) is 11.2. The zero-order chi connectivity index (χ0) is 17.1. The number of hydrogen-bond acceptors (Lipinski definition) is 4. The van der Waals surface area contributed by atoms with Gasteiger partial charge in [-0.1, -0.05) is 0 Å². The lowest BCUT2D eigenvalue weighted by Crippen LogP contribution is -2.14. The van der Waals surface area contributed by atoms with E-state index < -0.39 is 0 Å². The van der Waals surface area contributed by atoms with Crippen molar-refractivity contribution in [2.24, 2.45) is 0 Å². The smallest absolute Gasteiger partial charge is 0.189 e. The van der Waals surface area contributed by atoms with E-state index in [1.54, 1.807) is 21.3 Å². The zero-order valence-corrected chi connectivity index (χ0v) is 14.1. The number of methoxy groups -OCH3 is 3. The Morgan fingerprint density at radius 3 is 2.29 bits per heavy atom. The van der Waals surface area contributed by atoms with Crippen LogP contribution in [0, 0.1) is 0 Å². The first-order chi connectivity index (χ1) is 11.7. The Hall–Kier alpha value is -2.75. The van der Waals surface area contributed by atoms with Crippen molar-refractivity contribution in [2.45, 2.75) is 12.8 Å². The third-order valence-electron chi connectivity index (χ3n) is 4.28. The van der Waals surface area contributed by atoms with Gasteiger partial charge in [0.15, 0.2) is 5.78 Å². The van der Waals surface area contributed by atoms with Crippen LogP contribution in [0.4, 0.5) is 0 Å². The molecule has 2 aromatic carbocycles. The van der Waals surface area contributed by atoms with Gasteiger partial charge in [0.05, 0.1) is 21.3 Å². The topological polar surface area (TPSA) is 44.8 Å². The number of carbonyl (C=O) groups is 1. The van der Waals surface area contributed by atoms with Crippen molar-refractivity contribution in [2.75, 3.05) is 21.3 Å². The summed E-state index contributed by atoms with van der Waals surface area (Å²) in [5, 5.41) is 0. The lowest BCUT2D eigenvalue weighted by atomic mass is 9.86. The van der Waals surface area contributed by atoms with Gasteiger partial charge in [0.2, 0.25) is 0 Å². The lowest BCUT2D eigenvalue weighted by Gasteiger charge is -2.18. The molecule has 0 saturated heterocycles. The largest absolute Gasteiger partial charge is 0.497 e. The van der Waals surface area contributed by atoms with Crippen LogP contribution < -0.4 is 14.2 Å². The number of benzene rings is 2. The second-order valence-corrected chi connectivity index (χ2v) is 5.63. The van der Waals surface area contributed by atoms with Crippen LogP contribution in [0.25, 0.3) is 6.08 Å². The number of ether oxygens (including phenoxy) is 3. The standard InChI is InChI=1S/C20H20O4/c1-22-16-8-9-18-13(11-16)4-5-15(20(18)21)10-14-6-7-17(23-2)12-19(14)24-3/h6-12H,4-5H2,1-3H3/b15-10+. The van der Waals surface area contributed by atoms with E-state index in [0.717, 1.165) is 40.2 Å². The Balaban J connectivity index is 1.96. The van der Waals surface area contributed by atoms with Crippen molar-refractivity contribution in [3.8, 4) is 17.2 Å². The molecule has 0 unspecified atom stereocenters. The Morgan fingerprint density at radius 1 is 0.875 bits per heavy atom. The summed E-state index contributed by atoms with van der Waals surface area (Å²) in [6.45, 7) is 0. The third-order valence-corrected chi connectivity index (χ3v) is 4.28. The maximum atomic E-state index is 12.8. The summed E-state index contributed by atoms with van der Waals surface area (Å²) in [5.74, 6) is 2.26. The van der Waals surface area contributed by atoms with Gasteiger partial charge >= 0.3 is 0 Å². The van der Waals surface area contributed by atoms with Crippen LogP contribution in [0.2, 0.25) is 0 Å². The van der Waals surface area contributed by atoms with E-state index in [4.69, 9.17) is 14.2 Å². The van der Waals surface area contributed by atoms with Gasteiger partial charge in [0.25, 0.3) is 0 Å². The van der Waals surface area contributed by atoms with Gasteiger partial charge in [-0.05, 0) is 54.8 Å². The fourth-order valence-electron chi connectivity index (χ4n) is 2.94. The van der Waals surface area contributed by atoms with Gasteiger partial charge < -0.3 is 14.2 Å². The molecule has 3 rings (SSSR count). The zero-order valence-electron chi connectivity index (χ0n) is 14.1. The second-order valence-electron chi connectivity index (χ2n) is 5.63. The van der Waals surface area contributed by atoms with Crippen LogP contribution in [-0.2, 0) is 6.42 Å². The molecule has 0 radical (unpaired) electrons. The highest BCUT2D eigenvalue weighted by Crippen LogP contribution is 2.32. The van der Waals surface area contributed by atoms with Gasteiger partial charge in [-0.3, -0.25) is 4.79 Å². The number of fused-ring (bicyclic) bond motifs is 1. The van der Waals surface area contributed by atoms with Crippen molar-refractivity contribution >= 4 is 11.9 Å². The number of carbonyl (C=O) groups excluding carboxylic acids is 1. The Kier molecular flexibility index (Phi) is 4.56. The first kappa shape index (κ1) is 16.1. The van der Waals surface area contributed by atoms with Gasteiger partial charge in [-0.25, -0.2) is 0 Å². The quantitative estimate of drug-likeness (QED) is 0.800. The minimum atomic E-state index is 0.0665. The molecule has 0 saturated carbocycles. The van der Waals surface area contributed by atoms with Crippen LogP contribution in [0.3, 0.4) is 0 Å². The number of rotatable bonds is 4. The molecule has 24 heavy (non-hydrogen) atoms. The first-order valence-electron chi connectivity index (χ1n) is 7.80. The predicted octanol–water partition coefficient (Wildman–Crippen LogP) is 3.92. The molecule has 1 aliphatic rings. The Bertz CT molecular complexity index is 805. The maximum absolute atomic E-state index is 12.8. The Labute approximate surface area is 141 Å². The molecular formula is C20H20O4. The average Bonchev–Trinajstić information content (AvgIpc) is 2.63. The predicted molar refractivity (Wildman–Crippen MR) is 93.2 cm³/mol. The Morgan fingerprint density at radius 2 is 1.58 bits per heavy atom. The SMILES string of the molecule is COc1ccc2c(c1)CC/C(=C\c1ccc(OC)cc1OC)C2=O. The summed E-state index contributed by atoms with van der Waals surface area (Å²) in [6.07, 6.45) is 3.44. The van der Waals surface area contributed by atoms with Crippen molar-refractivity contribution in [3.05, 3.63) is 58.7 Å². The maximum Gasteiger partial charge on any atom is 0.189 e. The minimum absolute atomic E-state index is 0.0665. The van der Waals surface area contributed by atoms with Gasteiger partial charge in [-0.15, -0.1) is 0 Å². The van der Waals surface area contributed by atoms with Crippen LogP contribution >= 0.6 is 0 Å². The molecule has 0 N–H and O–H groups in total. The highest BCUT2D eigenvalue weighted by molar-refractivity contribution is 6.13. The van der Waals surface area contributed by atoms with Crippen molar-refractivity contribution in [1.29, 1.82) is 0 Å². The lowest BCUT2D eigenvalue weighted by molar-refractivity contribution is 0.102. The highest BCUT2D eigenvalue weighted by Gasteiger charge is 2.22. The molecule has 124 valence electrons. The summed E-state index contributed by atoms with van der Waals surface area (Å²) in [7, 11) is 4.86. The highest BCUT2D eigenvalue weighted by atomic mass is 16.5. The van der Waals surface area contributed by atoms with Crippen LogP contribution in [0.5, 0.6) is 17.2 Å². The fourth-order valence-corrected chi connectivity index (χ4v) is 2.94. The molecule has 0 atom stereocenters. The molecule has 0 aliphatic heterocycles. The average molecular weight is 324 g/mol. The molecule has 0 amide bonds. The molecule has 0 aromatic heterocycles. The van der Waals surface area contributed by atoms with E-state index in [0.29, 0.717) is 12.2 Å². The fraction of sp³-hybridized carbons (Fsp3) is 0.250. The van der Waals surface area contributed by atoms with Gasteiger partial charge in [-0.2, -0.15) is 0 Å². The number of ketones is 1. The summed E-state index contributed by atoms with van der Waals surface area (Å²) in [4.78, 5) is 12.8. The van der Waals surface area contributed by atoms with Gasteiger partial charge in [0.1, 0.15) is 17.2 Å². The molecule has 4 nitrogen and oxygen atoms in total. The number of allylic oxidation sites excluding steroid dienone is 1. The number of Topliss-reactive ketones (excluding diaryl/α,β-unsaturated/α-hetero) is 1. The summed E-state index contributed by atoms with van der Waals surface area (Å²) >= 11 is 0. The molecule has 0 spiro atoms. The minimum Gasteiger partial charge on any atom is -0.497 e. The number of aryl methyl sites for hydroxylation is 1. The molecule has 4 heteroatoms. The second kappa shape index (κ2) is 6.79. The molecule has 1 aliphatic carbocycles. The van der Waals surface area contributed by atoms with Crippen molar-refractivity contribution in [1.82, 2.24) is 0 Å². The van der Waals surface area contributed by atoms with E-state index in [2.05, 4.69) is 0 Å². The van der Waals surface area contributed by atoms with E-state index in [9.17, 15) is 4.79 Å². The monoisotopic (exact) mass is 324 g/mol. The van der Waals surface area contributed by atoms with Crippen molar-refractivity contribution < 1.29 is 19.0 Å². The van der Waals surface area contributed by atoms with Crippen LogP contribution in [-0.4, -0.2) is 27.1 Å². The molecular weight excluding hydrogens is 304 g/mol. The normalized spacial score (nSPS) is 15.1. The van der Waals surface area contributed by atoms with Crippen molar-refractivity contribution in [3.63, 3.8) is 0 Å². The van der Waals surface area contributed by atoms with Crippen LogP contribution in [0.1, 0.15) is 27.9 Å². The number of hydrogen-bond donors (Lipinski definition) is 0. The molecule has 2 aromatic rings. The van der Waals surface area contributed by atoms with E-state index in [1.807, 2.05) is 42.5 Å². The van der Waals surface area contributed by atoms with Gasteiger partial charge in [0, 0.05) is 22.8 Å². The third kappa shape index (κ3) is 3.00. The molecule has 0 bridgehead atoms. The molecule has 0 heterocycles. The van der Waals surface area contributed by atoms with E-state index in [-0.39, 0.29) is 5.78 Å². The summed E-state index contributed by atoms with van der Waals surface area (Å²) < 4.78 is 15.9. The van der Waals surface area contributed by atoms with E-state index in [1.165, 1.54) is 0 Å². The van der Waals surface area contributed by atoms with Crippen LogP contribution in [0.15, 0.2) is 42.0 Å². The first-order valence-corrected chi connectivity index (χ1v) is 7.80. The van der Waals surface area contributed by atoms with E-state index >= 15 is 0 Å². The summed E-state index contributed by atoms with van der Waals surface area (Å²) in [5.41, 5.74) is 3.45. The molecule has 0 fully saturated rings.